The van der Waals surface area contributed by atoms with Crippen LogP contribution in [0.1, 0.15) is 44.3 Å². The van der Waals surface area contributed by atoms with Gasteiger partial charge in [0.1, 0.15) is 5.56 Å². The molecule has 3 aromatic carbocycles. The molecule has 0 saturated carbocycles. The van der Waals surface area contributed by atoms with Crippen molar-refractivity contribution >= 4 is 34.0 Å². The average Bonchev–Trinajstić information content (AvgIpc) is 2.82. The van der Waals surface area contributed by atoms with Crippen LogP contribution in [0.15, 0.2) is 59.4 Å². The van der Waals surface area contributed by atoms with Crippen LogP contribution in [0.5, 0.6) is 0 Å². The predicted octanol–water partition coefficient (Wildman–Crippen LogP) is 5.29. The lowest BCUT2D eigenvalue weighted by Crippen LogP contribution is -2.29. The summed E-state index contributed by atoms with van der Waals surface area (Å²) in [5, 5.41) is 3.99. The molecule has 0 amide bonds. The number of esters is 1. The lowest BCUT2D eigenvalue weighted by molar-refractivity contribution is 0.0524. The standard InChI is InChI=1S/C28H24N2O4/c1-5-34-28(33)25-22-17-8-6-7-9-18(17)26(31)23-20(29-19-11-10-15(2)14-16(19)3)12-13-21(24(22)23)30(4)27(25)32/h6-14,29H,5H2,1-4H3. The monoisotopic (exact) mass is 452 g/mol. The van der Waals surface area contributed by atoms with Crippen molar-refractivity contribution in [2.75, 3.05) is 11.9 Å². The summed E-state index contributed by atoms with van der Waals surface area (Å²) in [4.78, 5) is 40.1. The highest BCUT2D eigenvalue weighted by molar-refractivity contribution is 6.29. The molecule has 0 atom stereocenters. The lowest BCUT2D eigenvalue weighted by Gasteiger charge is -2.25. The normalized spacial score (nSPS) is 11.9. The maximum absolute atomic E-state index is 13.8. The van der Waals surface area contributed by atoms with E-state index < -0.39 is 11.5 Å². The van der Waals surface area contributed by atoms with Crippen LogP contribution < -0.4 is 10.9 Å². The molecular formula is C28H24N2O4. The minimum absolute atomic E-state index is 0.0540. The van der Waals surface area contributed by atoms with Gasteiger partial charge in [-0.05, 0) is 50.1 Å². The molecule has 0 aliphatic heterocycles. The number of fused-ring (bicyclic) bond motifs is 2. The number of anilines is 2. The number of benzene rings is 3. The fraction of sp³-hybridized carbons (Fsp3) is 0.179. The molecule has 0 unspecified atom stereocenters. The average molecular weight is 453 g/mol. The Morgan fingerprint density at radius 3 is 2.35 bits per heavy atom. The van der Waals surface area contributed by atoms with E-state index in [4.69, 9.17) is 4.74 Å². The van der Waals surface area contributed by atoms with Gasteiger partial charge in [0.25, 0.3) is 5.56 Å². The molecule has 1 N–H and O–H groups in total. The van der Waals surface area contributed by atoms with Crippen LogP contribution in [0.3, 0.4) is 0 Å². The molecule has 6 nitrogen and oxygen atoms in total. The molecule has 34 heavy (non-hydrogen) atoms. The van der Waals surface area contributed by atoms with Gasteiger partial charge >= 0.3 is 5.97 Å². The number of rotatable bonds is 4. The van der Waals surface area contributed by atoms with Gasteiger partial charge in [-0.3, -0.25) is 9.59 Å². The van der Waals surface area contributed by atoms with Crippen molar-refractivity contribution in [1.29, 1.82) is 0 Å². The van der Waals surface area contributed by atoms with Gasteiger partial charge in [-0.1, -0.05) is 42.0 Å². The molecule has 0 spiro atoms. The van der Waals surface area contributed by atoms with Crippen LogP contribution in [-0.4, -0.2) is 22.9 Å². The van der Waals surface area contributed by atoms with Crippen LogP contribution in [0.2, 0.25) is 0 Å². The number of aromatic nitrogens is 1. The van der Waals surface area contributed by atoms with E-state index in [-0.39, 0.29) is 18.0 Å². The maximum Gasteiger partial charge on any atom is 0.344 e. The molecule has 0 radical (unpaired) electrons. The predicted molar refractivity (Wildman–Crippen MR) is 133 cm³/mol. The second kappa shape index (κ2) is 7.99. The number of pyridine rings is 1. The zero-order valence-corrected chi connectivity index (χ0v) is 19.5. The molecule has 170 valence electrons. The summed E-state index contributed by atoms with van der Waals surface area (Å²) in [6.07, 6.45) is 0. The van der Waals surface area contributed by atoms with Gasteiger partial charge < -0.3 is 14.6 Å². The number of carbonyl (C=O) groups is 2. The largest absolute Gasteiger partial charge is 0.462 e. The van der Waals surface area contributed by atoms with Gasteiger partial charge in [0, 0.05) is 29.2 Å². The number of aryl methyl sites for hydroxylation is 3. The summed E-state index contributed by atoms with van der Waals surface area (Å²) in [6, 6.07) is 16.8. The Labute approximate surface area is 196 Å². The zero-order valence-electron chi connectivity index (χ0n) is 19.5. The fourth-order valence-corrected chi connectivity index (χ4v) is 4.77. The SMILES string of the molecule is CCOC(=O)c1c2c3c(c(Nc4ccc(C)cc4C)ccc3n(C)c1=O)C(=O)c1ccccc1-2. The molecule has 5 rings (SSSR count). The Morgan fingerprint density at radius 2 is 1.65 bits per heavy atom. The van der Waals surface area contributed by atoms with Crippen molar-refractivity contribution in [3.63, 3.8) is 0 Å². The van der Waals surface area contributed by atoms with E-state index in [1.54, 1.807) is 38.2 Å². The third-order valence-electron chi connectivity index (χ3n) is 6.36. The zero-order chi connectivity index (χ0) is 24.1. The van der Waals surface area contributed by atoms with Crippen LogP contribution in [0, 0.1) is 13.8 Å². The van der Waals surface area contributed by atoms with Crippen molar-refractivity contribution < 1.29 is 14.3 Å². The molecule has 4 aromatic rings. The number of nitrogens with zero attached hydrogens (tertiary/aromatic N) is 1. The first kappa shape index (κ1) is 21.6. The smallest absolute Gasteiger partial charge is 0.344 e. The second-order valence-electron chi connectivity index (χ2n) is 8.53. The molecule has 1 heterocycles. The van der Waals surface area contributed by atoms with E-state index in [1.807, 2.05) is 38.1 Å². The van der Waals surface area contributed by atoms with Gasteiger partial charge in [-0.2, -0.15) is 0 Å². The maximum atomic E-state index is 13.8. The van der Waals surface area contributed by atoms with Crippen LogP contribution >= 0.6 is 0 Å². The summed E-state index contributed by atoms with van der Waals surface area (Å²) in [6.45, 7) is 5.87. The molecule has 1 aliphatic rings. The van der Waals surface area contributed by atoms with E-state index in [1.165, 1.54) is 4.57 Å². The Balaban J connectivity index is 1.90. The second-order valence-corrected chi connectivity index (χ2v) is 8.53. The highest BCUT2D eigenvalue weighted by atomic mass is 16.5. The van der Waals surface area contributed by atoms with Crippen LogP contribution in [0.4, 0.5) is 11.4 Å². The highest BCUT2D eigenvalue weighted by Gasteiger charge is 2.34. The minimum atomic E-state index is -0.692. The summed E-state index contributed by atoms with van der Waals surface area (Å²) >= 11 is 0. The Hall–Kier alpha value is -4.19. The minimum Gasteiger partial charge on any atom is -0.462 e. The van der Waals surface area contributed by atoms with E-state index in [9.17, 15) is 14.4 Å². The third kappa shape index (κ3) is 3.14. The van der Waals surface area contributed by atoms with E-state index in [2.05, 4.69) is 11.4 Å². The van der Waals surface area contributed by atoms with Crippen molar-refractivity contribution in [3.8, 4) is 11.1 Å². The first-order valence-corrected chi connectivity index (χ1v) is 11.2. The first-order chi connectivity index (χ1) is 16.3. The van der Waals surface area contributed by atoms with Gasteiger partial charge in [0.05, 0.1) is 23.4 Å². The Kier molecular flexibility index (Phi) is 5.09. The van der Waals surface area contributed by atoms with E-state index >= 15 is 0 Å². The molecular weight excluding hydrogens is 428 g/mol. The fourth-order valence-electron chi connectivity index (χ4n) is 4.77. The summed E-state index contributed by atoms with van der Waals surface area (Å²) in [5.74, 6) is -0.850. The van der Waals surface area contributed by atoms with Crippen molar-refractivity contribution in [2.45, 2.75) is 20.8 Å². The molecule has 0 bridgehead atoms. The van der Waals surface area contributed by atoms with Gasteiger partial charge in [0.15, 0.2) is 5.78 Å². The van der Waals surface area contributed by atoms with Crippen molar-refractivity contribution in [3.05, 3.63) is 92.8 Å². The van der Waals surface area contributed by atoms with Crippen LogP contribution in [0.25, 0.3) is 22.0 Å². The third-order valence-corrected chi connectivity index (χ3v) is 6.36. The first-order valence-electron chi connectivity index (χ1n) is 11.2. The van der Waals surface area contributed by atoms with Crippen LogP contribution in [-0.2, 0) is 11.8 Å². The van der Waals surface area contributed by atoms with E-state index in [0.29, 0.717) is 38.8 Å². The summed E-state index contributed by atoms with van der Waals surface area (Å²) in [5.41, 5.74) is 5.66. The molecule has 1 aliphatic carbocycles. The summed E-state index contributed by atoms with van der Waals surface area (Å²) < 4.78 is 6.67. The lowest BCUT2D eigenvalue weighted by atomic mass is 9.81. The molecule has 0 fully saturated rings. The molecule has 0 saturated heterocycles. The number of hydrogen-bond acceptors (Lipinski definition) is 5. The van der Waals surface area contributed by atoms with Crippen molar-refractivity contribution in [1.82, 2.24) is 4.57 Å². The number of ketones is 1. The van der Waals surface area contributed by atoms with Gasteiger partial charge in [-0.15, -0.1) is 0 Å². The molecule has 6 heteroatoms. The number of nitrogens with one attached hydrogen (secondary N) is 1. The van der Waals surface area contributed by atoms with Gasteiger partial charge in [-0.25, -0.2) is 4.79 Å². The Bertz CT molecular complexity index is 1580. The molecule has 1 aromatic heterocycles. The van der Waals surface area contributed by atoms with E-state index in [0.717, 1.165) is 16.8 Å². The Morgan fingerprint density at radius 1 is 0.941 bits per heavy atom. The number of ether oxygens (including phenoxy) is 1. The topological polar surface area (TPSA) is 77.4 Å². The highest BCUT2D eigenvalue weighted by Crippen LogP contribution is 2.43. The summed E-state index contributed by atoms with van der Waals surface area (Å²) in [7, 11) is 1.61. The number of hydrogen-bond donors (Lipinski definition) is 1. The number of carbonyl (C=O) groups excluding carboxylic acids is 2. The van der Waals surface area contributed by atoms with Crippen molar-refractivity contribution in [2.24, 2.45) is 7.05 Å². The van der Waals surface area contributed by atoms with Gasteiger partial charge in [0.2, 0.25) is 0 Å². The quantitative estimate of drug-likeness (QED) is 0.375.